The SMILES string of the molecule is C/C=C\CC(CC)(C1CCCCCCC1)C1CC(=O)N(CCCCC[C@H](N[C@H](C(=O)N[C@@H](CCCNC(N)=O)C(=O)Nc2ccc(COC(=O)N(C)[C@H](C(=O)N[C@H](C(=O)N(C)[C@@H]([C@@H](C)CC)[C@@H](CC(=O)N3CCC[C@H]3[C@H](OC)[C@@H](C)C(=O)N[C@H](C)[C@@H](O)c3ccccc3)OC)C(C)C)C(C)C)cc2)C(C)C)C(F)(F)F)C1=O. The number of aliphatic hydroxyl groups is 1. The van der Waals surface area contributed by atoms with Gasteiger partial charge in [-0.2, -0.15) is 13.2 Å². The molecule has 11 amide bonds. The monoisotopic (exact) mass is 1580 g/mol. The Kier molecular flexibility index (Phi) is 39.0. The van der Waals surface area contributed by atoms with Gasteiger partial charge in [0.1, 0.15) is 30.8 Å². The predicted octanol–water partition coefficient (Wildman–Crippen LogP) is 11.7. The highest BCUT2D eigenvalue weighted by atomic mass is 19.4. The zero-order valence-electron chi connectivity index (χ0n) is 69.5. The summed E-state index contributed by atoms with van der Waals surface area (Å²) in [6.45, 7) is 21.9. The summed E-state index contributed by atoms with van der Waals surface area (Å²) in [4.78, 5) is 145. The lowest BCUT2D eigenvalue weighted by molar-refractivity contribution is -0.161. The second-order valence-electron chi connectivity index (χ2n) is 32.4. The van der Waals surface area contributed by atoms with Crippen molar-refractivity contribution in [3.63, 3.8) is 0 Å². The molecule has 15 atom stereocenters. The molecule has 0 spiro atoms. The molecule has 2 unspecified atom stereocenters. The van der Waals surface area contributed by atoms with Crippen molar-refractivity contribution in [1.29, 1.82) is 0 Å². The number of allylic oxidation sites excluding steroid dienone is 2. The van der Waals surface area contributed by atoms with Gasteiger partial charge in [0.15, 0.2) is 0 Å². The van der Waals surface area contributed by atoms with Gasteiger partial charge in [-0.05, 0) is 136 Å². The van der Waals surface area contributed by atoms with E-state index in [1.54, 1.807) is 91.6 Å². The average Bonchev–Trinajstić information content (AvgIpc) is 1.57. The molecule has 2 saturated heterocycles. The van der Waals surface area contributed by atoms with Crippen molar-refractivity contribution in [3.05, 3.63) is 77.9 Å². The van der Waals surface area contributed by atoms with Gasteiger partial charge in [-0.3, -0.25) is 53.5 Å². The number of nitrogens with zero attached hydrogens (tertiary/aromatic N) is 4. The number of halogens is 3. The molecule has 0 aromatic heterocycles. The molecule has 1 aliphatic carbocycles. The summed E-state index contributed by atoms with van der Waals surface area (Å²) in [5.74, 6) is -6.35. The molecule has 2 aromatic carbocycles. The first-order chi connectivity index (χ1) is 53.0. The Bertz CT molecular complexity index is 3360. The summed E-state index contributed by atoms with van der Waals surface area (Å²) in [6.07, 6.45) is 7.40. The van der Waals surface area contributed by atoms with Gasteiger partial charge in [0.25, 0.3) is 0 Å². The Hall–Kier alpha value is -7.69. The van der Waals surface area contributed by atoms with E-state index >= 15 is 0 Å². The third-order valence-corrected chi connectivity index (χ3v) is 23.6. The number of primary amides is 1. The number of amides is 11. The van der Waals surface area contributed by atoms with E-state index in [1.165, 1.54) is 49.6 Å². The summed E-state index contributed by atoms with van der Waals surface area (Å²) in [6, 6.07) is 5.59. The van der Waals surface area contributed by atoms with Crippen LogP contribution in [0.15, 0.2) is 66.7 Å². The van der Waals surface area contributed by atoms with Crippen LogP contribution in [0.5, 0.6) is 0 Å². The van der Waals surface area contributed by atoms with Crippen LogP contribution in [0.2, 0.25) is 0 Å². The summed E-state index contributed by atoms with van der Waals surface area (Å²) in [5.41, 5.74) is 6.30. The van der Waals surface area contributed by atoms with Crippen molar-refractivity contribution in [2.45, 2.75) is 291 Å². The fourth-order valence-corrected chi connectivity index (χ4v) is 16.8. The number of ether oxygens (including phenoxy) is 3. The van der Waals surface area contributed by atoms with Crippen LogP contribution in [-0.4, -0.2) is 199 Å². The molecule has 630 valence electrons. The molecular formula is C84H134F3N11O14. The Morgan fingerprint density at radius 2 is 1.37 bits per heavy atom. The highest BCUT2D eigenvalue weighted by molar-refractivity contribution is 6.04. The normalized spacial score (nSPS) is 19.7. The lowest BCUT2D eigenvalue weighted by atomic mass is 9.59. The zero-order chi connectivity index (χ0) is 83.3. The van der Waals surface area contributed by atoms with Gasteiger partial charge in [0.2, 0.25) is 47.3 Å². The van der Waals surface area contributed by atoms with Crippen molar-refractivity contribution in [2.24, 2.45) is 52.6 Å². The molecule has 5 rings (SSSR count). The molecule has 9 N–H and O–H groups in total. The van der Waals surface area contributed by atoms with Gasteiger partial charge >= 0.3 is 18.3 Å². The van der Waals surface area contributed by atoms with Gasteiger partial charge < -0.3 is 61.4 Å². The Morgan fingerprint density at radius 1 is 0.723 bits per heavy atom. The van der Waals surface area contributed by atoms with E-state index in [1.807, 2.05) is 45.0 Å². The van der Waals surface area contributed by atoms with Crippen LogP contribution in [0.25, 0.3) is 0 Å². The summed E-state index contributed by atoms with van der Waals surface area (Å²) in [7, 11) is 6.03. The van der Waals surface area contributed by atoms with Crippen molar-refractivity contribution in [1.82, 2.24) is 46.2 Å². The Balaban J connectivity index is 1.19. The number of rotatable bonds is 44. The molecule has 3 fully saturated rings. The molecule has 0 bridgehead atoms. The summed E-state index contributed by atoms with van der Waals surface area (Å²) in [5, 5.41) is 27.2. The number of nitrogens with one attached hydrogen (secondary N) is 6. The minimum Gasteiger partial charge on any atom is -0.445 e. The minimum absolute atomic E-state index is 0.0185. The van der Waals surface area contributed by atoms with Crippen molar-refractivity contribution < 1.29 is 80.4 Å². The molecule has 2 aliphatic heterocycles. The highest BCUT2D eigenvalue weighted by Crippen LogP contribution is 2.52. The van der Waals surface area contributed by atoms with Crippen LogP contribution in [-0.2, 0) is 59.2 Å². The number of carbonyl (C=O) groups is 10. The van der Waals surface area contributed by atoms with Crippen molar-refractivity contribution >= 4 is 65.1 Å². The number of benzene rings is 2. The fraction of sp³-hybridized carbons (Fsp3) is 0.714. The minimum atomic E-state index is -4.78. The lowest BCUT2D eigenvalue weighted by Crippen LogP contribution is -2.60. The molecule has 28 heteroatoms. The average molecular weight is 1580 g/mol. The van der Waals surface area contributed by atoms with Crippen LogP contribution in [0.4, 0.5) is 28.4 Å². The standard InChI is InChI=1S/C84H134F3N11O14/c1-17-20-45-83(19-3,60-36-28-22-21-23-29-37-60)62-49-67(99)98(79(62)106)47-31-25-30-40-66(84(85,86)87)93-69(52(4)5)77(104)92-63(38-32-46-89-81(88)108)76(103)91-61-43-41-58(42-44-61)51-112-82(109)96(14)71(54(8)9)78(105)94-70(53(6)7)80(107)95(13)72(55(10)18-2)65(110-15)50-68(100)97-48-33-39-64(97)74(111-16)56(11)75(102)90-57(12)73(101)59-34-26-24-27-35-59/h17,20,24,26-27,34-35,41-44,52-57,60,62-66,69-74,93,101H,18-19,21-23,25,28-33,36-40,45-51H2,1-16H3,(H,90,102)(H,91,103)(H,92,104)(H,94,105)(H3,88,89,108)/b20-17-/t55-,56+,57+,62?,63-,64-,65+,66-,69-,70-,71-,72-,73+,74+,83?/m0/s1. The molecule has 1 saturated carbocycles. The number of hydrogen-bond donors (Lipinski definition) is 8. The van der Waals surface area contributed by atoms with Gasteiger partial charge in [-0.25, -0.2) is 9.59 Å². The number of unbranched alkanes of at least 4 members (excludes halogenated alkanes) is 2. The van der Waals surface area contributed by atoms with Crippen molar-refractivity contribution in [3.8, 4) is 0 Å². The first-order valence-corrected chi connectivity index (χ1v) is 40.9. The first-order valence-electron chi connectivity index (χ1n) is 40.9. The number of anilines is 1. The topological polar surface area (TPSA) is 330 Å². The number of methoxy groups -OCH3 is 2. The van der Waals surface area contributed by atoms with E-state index in [9.17, 15) is 66.2 Å². The number of likely N-dealkylation sites (tertiary alicyclic amines) is 2. The quantitative estimate of drug-likeness (QED) is 0.0174. The van der Waals surface area contributed by atoms with Crippen LogP contribution >= 0.6 is 0 Å². The maximum atomic E-state index is 14.9. The van der Waals surface area contributed by atoms with Gasteiger partial charge in [0.05, 0.1) is 60.7 Å². The predicted molar refractivity (Wildman–Crippen MR) is 425 cm³/mol. The first kappa shape index (κ1) is 94.9. The number of aliphatic hydroxyl groups excluding tert-OH is 1. The number of hydrogen-bond acceptors (Lipinski definition) is 15. The molecule has 2 aromatic rings. The Morgan fingerprint density at radius 3 is 1.94 bits per heavy atom. The van der Waals surface area contributed by atoms with Gasteiger partial charge in [-0.15, -0.1) is 0 Å². The molecule has 112 heavy (non-hydrogen) atoms. The van der Waals surface area contributed by atoms with Crippen molar-refractivity contribution in [2.75, 3.05) is 53.3 Å². The molecule has 3 aliphatic rings. The van der Waals surface area contributed by atoms with E-state index < -0.39 is 145 Å². The van der Waals surface area contributed by atoms with Gasteiger partial charge in [0, 0.05) is 60.1 Å². The number of carbonyl (C=O) groups excluding carboxylic acids is 10. The third kappa shape index (κ3) is 26.7. The number of imide groups is 1. The van der Waals surface area contributed by atoms with Crippen LogP contribution in [0.1, 0.15) is 229 Å². The molecular weight excluding hydrogens is 1440 g/mol. The highest BCUT2D eigenvalue weighted by Gasteiger charge is 2.53. The number of alkyl halides is 3. The second kappa shape index (κ2) is 46.0. The molecule has 25 nitrogen and oxygen atoms in total. The van der Waals surface area contributed by atoms with E-state index in [0.717, 1.165) is 49.8 Å². The Labute approximate surface area is 663 Å². The number of urea groups is 1. The molecule has 0 radical (unpaired) electrons. The lowest BCUT2D eigenvalue weighted by Gasteiger charge is -2.44. The van der Waals surface area contributed by atoms with E-state index in [0.29, 0.717) is 55.7 Å². The largest absolute Gasteiger partial charge is 0.445 e. The van der Waals surface area contributed by atoms with E-state index in [-0.39, 0.29) is 98.9 Å². The smallest absolute Gasteiger partial charge is 0.410 e. The number of likely N-dealkylation sites (N-methyl/N-ethyl adjacent to an activating group) is 2. The molecule has 2 heterocycles. The van der Waals surface area contributed by atoms with Gasteiger partial charge in [-0.1, -0.05) is 175 Å². The van der Waals surface area contributed by atoms with Crippen LogP contribution < -0.4 is 37.6 Å². The maximum Gasteiger partial charge on any atom is 0.410 e. The van der Waals surface area contributed by atoms with E-state index in [4.69, 9.17) is 19.9 Å². The summed E-state index contributed by atoms with van der Waals surface area (Å²) >= 11 is 0. The fourth-order valence-electron chi connectivity index (χ4n) is 16.8. The second-order valence-corrected chi connectivity index (χ2v) is 32.4. The van der Waals surface area contributed by atoms with E-state index in [2.05, 4.69) is 44.9 Å². The maximum absolute atomic E-state index is 14.9. The third-order valence-electron chi connectivity index (χ3n) is 23.6. The zero-order valence-corrected chi connectivity index (χ0v) is 69.5. The van der Waals surface area contributed by atoms with Crippen LogP contribution in [0.3, 0.4) is 0 Å². The van der Waals surface area contributed by atoms with Crippen LogP contribution in [0, 0.1) is 46.8 Å². The summed E-state index contributed by atoms with van der Waals surface area (Å²) < 4.78 is 62.6. The number of nitrogens with two attached hydrogens (primary N) is 1.